The minimum Gasteiger partial charge on any atom is -0.481 e. The van der Waals surface area contributed by atoms with Gasteiger partial charge in [-0.2, -0.15) is 0 Å². The first-order valence-corrected chi connectivity index (χ1v) is 8.77. The molecule has 0 bridgehead atoms. The lowest BCUT2D eigenvalue weighted by atomic mass is 10.1. The minimum atomic E-state index is -2.06. The average Bonchev–Trinajstić information content (AvgIpc) is 2.29. The maximum absolute atomic E-state index is 10.9. The third-order valence-electron chi connectivity index (χ3n) is 2.78. The first kappa shape index (κ1) is 18.7. The number of carboxylic acids is 1. The van der Waals surface area contributed by atoms with Crippen molar-refractivity contribution in [2.75, 3.05) is 5.75 Å². The summed E-state index contributed by atoms with van der Waals surface area (Å²) in [5, 5.41) is 7.80. The molecular formula is C11H22O6S2. The van der Waals surface area contributed by atoms with Gasteiger partial charge in [0.2, 0.25) is 0 Å². The zero-order valence-corrected chi connectivity index (χ0v) is 12.5. The number of carbonyl (C=O) groups is 1. The molecule has 0 heterocycles. The molecule has 0 aliphatic carbocycles. The molecule has 8 heteroatoms. The van der Waals surface area contributed by atoms with Gasteiger partial charge in [-0.1, -0.05) is 32.1 Å². The molecule has 0 saturated carbocycles. The predicted octanol–water partition coefficient (Wildman–Crippen LogP) is 2.00. The molecule has 3 atom stereocenters. The lowest BCUT2D eigenvalue weighted by molar-refractivity contribution is -0.137. The fourth-order valence-electron chi connectivity index (χ4n) is 1.76. The van der Waals surface area contributed by atoms with Crippen LogP contribution >= 0.6 is 0 Å². The number of carboxylic acid groups (broad SMARTS) is 1. The maximum Gasteiger partial charge on any atom is 0.303 e. The Bertz CT molecular complexity index is 308. The Hall–Kier alpha value is -0.310. The van der Waals surface area contributed by atoms with Gasteiger partial charge < -0.3 is 14.2 Å². The molecule has 19 heavy (non-hydrogen) atoms. The molecular weight excluding hydrogens is 292 g/mol. The van der Waals surface area contributed by atoms with Crippen LogP contribution in [-0.2, 0) is 27.0 Å². The van der Waals surface area contributed by atoms with E-state index in [-0.39, 0.29) is 12.2 Å². The van der Waals surface area contributed by atoms with Gasteiger partial charge in [0.15, 0.2) is 22.2 Å². The van der Waals surface area contributed by atoms with E-state index in [1.54, 1.807) is 0 Å². The Morgan fingerprint density at radius 2 is 1.47 bits per heavy atom. The van der Waals surface area contributed by atoms with Crippen LogP contribution in [0.4, 0.5) is 0 Å². The van der Waals surface area contributed by atoms with Crippen LogP contribution in [0.3, 0.4) is 0 Å². The molecule has 0 aromatic carbocycles. The first-order chi connectivity index (χ1) is 8.93. The fraction of sp³-hybridized carbons (Fsp3) is 0.909. The second-order valence-electron chi connectivity index (χ2n) is 4.44. The van der Waals surface area contributed by atoms with E-state index in [9.17, 15) is 13.2 Å². The molecule has 6 nitrogen and oxygen atoms in total. The van der Waals surface area contributed by atoms with Crippen molar-refractivity contribution in [2.24, 2.45) is 0 Å². The van der Waals surface area contributed by atoms with E-state index in [1.807, 2.05) is 0 Å². The molecule has 0 amide bonds. The fourth-order valence-corrected chi connectivity index (χ4v) is 3.42. The van der Waals surface area contributed by atoms with E-state index in [2.05, 4.69) is 0 Å². The monoisotopic (exact) mass is 314 g/mol. The average molecular weight is 314 g/mol. The summed E-state index contributed by atoms with van der Waals surface area (Å²) in [7, 11) is 0. The van der Waals surface area contributed by atoms with Gasteiger partial charge in [-0.05, 0) is 12.8 Å². The van der Waals surface area contributed by atoms with E-state index < -0.39 is 33.4 Å². The van der Waals surface area contributed by atoms with E-state index in [0.717, 1.165) is 32.1 Å². The van der Waals surface area contributed by atoms with Gasteiger partial charge in [0.1, 0.15) is 0 Å². The Morgan fingerprint density at radius 3 is 1.95 bits per heavy atom. The lowest BCUT2D eigenvalue weighted by Gasteiger charge is -2.10. The normalized spacial score (nSPS) is 15.9. The van der Waals surface area contributed by atoms with Crippen molar-refractivity contribution in [2.45, 2.75) is 56.6 Å². The van der Waals surface area contributed by atoms with Crippen LogP contribution in [0.15, 0.2) is 0 Å². The largest absolute Gasteiger partial charge is 0.481 e. The van der Waals surface area contributed by atoms with Gasteiger partial charge in [-0.3, -0.25) is 4.79 Å². The van der Waals surface area contributed by atoms with Crippen LogP contribution in [0.5, 0.6) is 0 Å². The summed E-state index contributed by atoms with van der Waals surface area (Å²) in [6.45, 7) is 0. The van der Waals surface area contributed by atoms with Gasteiger partial charge in [0.25, 0.3) is 0 Å². The molecule has 114 valence electrons. The summed E-state index contributed by atoms with van der Waals surface area (Å²) in [6.07, 6.45) is 5.76. The van der Waals surface area contributed by atoms with Crippen LogP contribution in [0, 0.1) is 0 Å². The van der Waals surface area contributed by atoms with Gasteiger partial charge >= 0.3 is 5.97 Å². The highest BCUT2D eigenvalue weighted by Gasteiger charge is 2.17. The maximum atomic E-state index is 10.9. The van der Waals surface area contributed by atoms with E-state index in [0.29, 0.717) is 12.8 Å². The number of unbranched alkanes of at least 4 members (excludes halogenated alkanes) is 5. The highest BCUT2D eigenvalue weighted by molar-refractivity contribution is 7.83. The van der Waals surface area contributed by atoms with E-state index in [4.69, 9.17) is 14.2 Å². The number of rotatable bonds is 12. The zero-order valence-electron chi connectivity index (χ0n) is 10.8. The van der Waals surface area contributed by atoms with Crippen molar-refractivity contribution < 1.29 is 27.4 Å². The third-order valence-corrected chi connectivity index (χ3v) is 4.65. The molecule has 0 aliphatic rings. The van der Waals surface area contributed by atoms with Gasteiger partial charge in [0, 0.05) is 6.42 Å². The molecule has 0 aromatic heterocycles. The van der Waals surface area contributed by atoms with E-state index >= 15 is 0 Å². The van der Waals surface area contributed by atoms with Crippen molar-refractivity contribution in [1.82, 2.24) is 0 Å². The molecule has 0 radical (unpaired) electrons. The van der Waals surface area contributed by atoms with E-state index in [1.165, 1.54) is 0 Å². The Labute approximate surface area is 118 Å². The first-order valence-electron chi connectivity index (χ1n) is 6.32. The van der Waals surface area contributed by atoms with Crippen LogP contribution in [0.2, 0.25) is 0 Å². The highest BCUT2D eigenvalue weighted by atomic mass is 32.2. The Kier molecular flexibility index (Phi) is 11.3. The summed E-state index contributed by atoms with van der Waals surface area (Å²) in [4.78, 5) is 10.3. The second-order valence-corrected chi connectivity index (χ2v) is 6.64. The van der Waals surface area contributed by atoms with Crippen molar-refractivity contribution in [3.63, 3.8) is 0 Å². The zero-order chi connectivity index (χ0) is 14.7. The summed E-state index contributed by atoms with van der Waals surface area (Å²) in [6, 6.07) is 0. The molecule has 0 spiro atoms. The molecule has 0 aromatic rings. The Balaban J connectivity index is 3.52. The molecule has 0 aliphatic heterocycles. The SMILES string of the molecule is O=C(O)CCCCCCCCC(CS(=O)O)S(=O)O. The minimum absolute atomic E-state index is 0.165. The van der Waals surface area contributed by atoms with Crippen molar-refractivity contribution in [1.29, 1.82) is 0 Å². The molecule has 3 N–H and O–H groups in total. The van der Waals surface area contributed by atoms with Crippen molar-refractivity contribution in [3.8, 4) is 0 Å². The molecule has 3 unspecified atom stereocenters. The summed E-state index contributed by atoms with van der Waals surface area (Å²) >= 11 is -4.10. The summed E-state index contributed by atoms with van der Waals surface area (Å²) in [5.74, 6) is -0.938. The van der Waals surface area contributed by atoms with Crippen LogP contribution < -0.4 is 0 Å². The van der Waals surface area contributed by atoms with Crippen molar-refractivity contribution in [3.05, 3.63) is 0 Å². The lowest BCUT2D eigenvalue weighted by Crippen LogP contribution is -2.22. The summed E-state index contributed by atoms with van der Waals surface area (Å²) in [5.41, 5.74) is 0. The highest BCUT2D eigenvalue weighted by Crippen LogP contribution is 2.12. The van der Waals surface area contributed by atoms with Gasteiger partial charge in [0.05, 0.1) is 11.0 Å². The van der Waals surface area contributed by atoms with Crippen LogP contribution in [0.25, 0.3) is 0 Å². The van der Waals surface area contributed by atoms with Gasteiger partial charge in [-0.15, -0.1) is 0 Å². The number of hydrogen-bond acceptors (Lipinski definition) is 3. The predicted molar refractivity (Wildman–Crippen MR) is 74.8 cm³/mol. The smallest absolute Gasteiger partial charge is 0.303 e. The topological polar surface area (TPSA) is 112 Å². The molecule has 0 rings (SSSR count). The Morgan fingerprint density at radius 1 is 0.947 bits per heavy atom. The second kappa shape index (κ2) is 11.5. The summed E-state index contributed by atoms with van der Waals surface area (Å²) < 4.78 is 39.2. The number of hydrogen-bond donors (Lipinski definition) is 3. The van der Waals surface area contributed by atoms with Crippen molar-refractivity contribution >= 4 is 28.1 Å². The standard InChI is InChI=1S/C11H22O6S2/c12-11(13)8-6-4-2-1-3-5-7-10(19(16)17)9-18(14)15/h10H,1-9H2,(H,12,13)(H,14,15)(H,16,17). The van der Waals surface area contributed by atoms with Crippen LogP contribution in [0.1, 0.15) is 51.4 Å². The van der Waals surface area contributed by atoms with Gasteiger partial charge in [-0.25, -0.2) is 8.42 Å². The molecule has 0 saturated heterocycles. The molecule has 0 fully saturated rings. The third kappa shape index (κ3) is 12.5. The number of aliphatic carboxylic acids is 1. The van der Waals surface area contributed by atoms with Crippen LogP contribution in [-0.4, -0.2) is 39.6 Å². The quantitative estimate of drug-likeness (QED) is 0.375.